The van der Waals surface area contributed by atoms with Gasteiger partial charge in [0, 0.05) is 26.6 Å². The van der Waals surface area contributed by atoms with E-state index < -0.39 is 0 Å². The number of carbonyl (C=O) groups is 1. The van der Waals surface area contributed by atoms with Crippen LogP contribution in [-0.2, 0) is 9.53 Å². The zero-order valence-electron chi connectivity index (χ0n) is 8.22. The van der Waals surface area contributed by atoms with E-state index >= 15 is 0 Å². The van der Waals surface area contributed by atoms with Gasteiger partial charge in [-0.2, -0.15) is 0 Å². The lowest BCUT2D eigenvalue weighted by Gasteiger charge is -2.25. The van der Waals surface area contributed by atoms with Crippen molar-refractivity contribution in [1.82, 2.24) is 0 Å². The first-order valence-corrected chi connectivity index (χ1v) is 4.57. The lowest BCUT2D eigenvalue weighted by atomic mass is 9.80. The van der Waals surface area contributed by atoms with E-state index in [-0.39, 0.29) is 5.41 Å². The van der Waals surface area contributed by atoms with Crippen LogP contribution in [0, 0.1) is 11.3 Å². The molecule has 12 heavy (non-hydrogen) atoms. The fourth-order valence-corrected chi connectivity index (χ4v) is 2.03. The molecule has 0 aromatic rings. The van der Waals surface area contributed by atoms with Crippen molar-refractivity contribution in [3.8, 4) is 0 Å². The summed E-state index contributed by atoms with van der Waals surface area (Å²) in [7, 11) is 1.71. The summed E-state index contributed by atoms with van der Waals surface area (Å²) in [6.07, 6.45) is 2.53. The standard InChI is InChI=1S/C10H18O2/c1-10(2)7-9(11)6-8(10)4-5-12-3/h8H,4-7H2,1-3H3. The predicted molar refractivity (Wildman–Crippen MR) is 48.0 cm³/mol. The smallest absolute Gasteiger partial charge is 0.133 e. The number of rotatable bonds is 3. The van der Waals surface area contributed by atoms with E-state index in [0.29, 0.717) is 11.7 Å². The van der Waals surface area contributed by atoms with Gasteiger partial charge in [-0.05, 0) is 17.8 Å². The molecule has 1 unspecified atom stereocenters. The third-order valence-electron chi connectivity index (χ3n) is 2.90. The van der Waals surface area contributed by atoms with Gasteiger partial charge >= 0.3 is 0 Å². The lowest BCUT2D eigenvalue weighted by molar-refractivity contribution is -0.118. The second-order valence-electron chi connectivity index (χ2n) is 4.39. The monoisotopic (exact) mass is 170 g/mol. The number of methoxy groups -OCH3 is 1. The molecule has 1 rings (SSSR count). The molecule has 2 heteroatoms. The van der Waals surface area contributed by atoms with E-state index in [0.717, 1.165) is 25.9 Å². The summed E-state index contributed by atoms with van der Waals surface area (Å²) in [5, 5.41) is 0. The Hall–Kier alpha value is -0.370. The maximum Gasteiger partial charge on any atom is 0.133 e. The third kappa shape index (κ3) is 2.07. The molecule has 0 bridgehead atoms. The Kier molecular flexibility index (Phi) is 2.89. The van der Waals surface area contributed by atoms with Gasteiger partial charge in [-0.3, -0.25) is 4.79 Å². The van der Waals surface area contributed by atoms with Crippen molar-refractivity contribution in [2.75, 3.05) is 13.7 Å². The number of ether oxygens (including phenoxy) is 1. The molecule has 1 aliphatic carbocycles. The van der Waals surface area contributed by atoms with Crippen LogP contribution < -0.4 is 0 Å². The Morgan fingerprint density at radius 2 is 2.25 bits per heavy atom. The molecule has 0 radical (unpaired) electrons. The zero-order valence-corrected chi connectivity index (χ0v) is 8.22. The van der Waals surface area contributed by atoms with Gasteiger partial charge in [-0.15, -0.1) is 0 Å². The van der Waals surface area contributed by atoms with Crippen molar-refractivity contribution in [3.05, 3.63) is 0 Å². The minimum absolute atomic E-state index is 0.204. The highest BCUT2D eigenvalue weighted by Crippen LogP contribution is 2.42. The van der Waals surface area contributed by atoms with Crippen molar-refractivity contribution in [2.45, 2.75) is 33.1 Å². The first-order valence-electron chi connectivity index (χ1n) is 4.57. The third-order valence-corrected chi connectivity index (χ3v) is 2.90. The Balaban J connectivity index is 2.47. The zero-order chi connectivity index (χ0) is 9.19. The van der Waals surface area contributed by atoms with Gasteiger partial charge in [-0.25, -0.2) is 0 Å². The van der Waals surface area contributed by atoms with E-state index in [1.807, 2.05) is 0 Å². The molecule has 0 aliphatic heterocycles. The fourth-order valence-electron chi connectivity index (χ4n) is 2.03. The molecule has 1 fully saturated rings. The second kappa shape index (κ2) is 3.56. The highest BCUT2D eigenvalue weighted by molar-refractivity contribution is 5.81. The summed E-state index contributed by atoms with van der Waals surface area (Å²) in [5.41, 5.74) is 0.204. The highest BCUT2D eigenvalue weighted by atomic mass is 16.5. The van der Waals surface area contributed by atoms with Crippen LogP contribution in [-0.4, -0.2) is 19.5 Å². The molecule has 0 saturated heterocycles. The molecule has 0 spiro atoms. The van der Waals surface area contributed by atoms with Crippen LogP contribution in [0.3, 0.4) is 0 Å². The number of hydrogen-bond donors (Lipinski definition) is 0. The van der Waals surface area contributed by atoms with Crippen molar-refractivity contribution in [2.24, 2.45) is 11.3 Å². The topological polar surface area (TPSA) is 26.3 Å². The molecular formula is C10H18O2. The van der Waals surface area contributed by atoms with Crippen LogP contribution in [0.2, 0.25) is 0 Å². The summed E-state index contributed by atoms with van der Waals surface area (Å²) >= 11 is 0. The molecule has 1 saturated carbocycles. The molecular weight excluding hydrogens is 152 g/mol. The molecule has 0 heterocycles. The lowest BCUT2D eigenvalue weighted by Crippen LogP contribution is -2.18. The van der Waals surface area contributed by atoms with Crippen LogP contribution >= 0.6 is 0 Å². The van der Waals surface area contributed by atoms with Gasteiger partial charge in [0.1, 0.15) is 5.78 Å². The summed E-state index contributed by atoms with van der Waals surface area (Å²) in [5.74, 6) is 0.950. The van der Waals surface area contributed by atoms with E-state index in [2.05, 4.69) is 13.8 Å². The Bertz CT molecular complexity index is 173. The number of Topliss-reactive ketones (excluding diaryl/α,β-unsaturated/α-hetero) is 1. The summed E-state index contributed by atoms with van der Waals surface area (Å²) in [4.78, 5) is 11.2. The first kappa shape index (κ1) is 9.72. The molecule has 0 aromatic heterocycles. The summed E-state index contributed by atoms with van der Waals surface area (Å²) in [6.45, 7) is 5.14. The molecule has 0 N–H and O–H groups in total. The Labute approximate surface area is 74.3 Å². The Morgan fingerprint density at radius 1 is 1.58 bits per heavy atom. The van der Waals surface area contributed by atoms with Crippen LogP contribution in [0.4, 0.5) is 0 Å². The molecule has 0 amide bonds. The van der Waals surface area contributed by atoms with E-state index in [4.69, 9.17) is 4.74 Å². The summed E-state index contributed by atoms with van der Waals surface area (Å²) < 4.78 is 5.02. The van der Waals surface area contributed by atoms with E-state index in [1.165, 1.54) is 0 Å². The van der Waals surface area contributed by atoms with Crippen molar-refractivity contribution < 1.29 is 9.53 Å². The van der Waals surface area contributed by atoms with Crippen molar-refractivity contribution >= 4 is 5.78 Å². The fraction of sp³-hybridized carbons (Fsp3) is 0.900. The molecule has 0 aromatic carbocycles. The SMILES string of the molecule is COCCC1CC(=O)CC1(C)C. The number of ketones is 1. The normalized spacial score (nSPS) is 27.9. The molecule has 1 atom stereocenters. The maximum absolute atomic E-state index is 11.2. The van der Waals surface area contributed by atoms with Gasteiger partial charge in [0.05, 0.1) is 0 Å². The average Bonchev–Trinajstić information content (AvgIpc) is 2.20. The quantitative estimate of drug-likeness (QED) is 0.647. The minimum Gasteiger partial charge on any atom is -0.385 e. The van der Waals surface area contributed by atoms with E-state index in [1.54, 1.807) is 7.11 Å². The predicted octanol–water partition coefficient (Wildman–Crippen LogP) is 2.03. The Morgan fingerprint density at radius 3 is 2.67 bits per heavy atom. The number of carbonyl (C=O) groups excluding carboxylic acids is 1. The molecule has 1 aliphatic rings. The van der Waals surface area contributed by atoms with Gasteiger partial charge in [0.15, 0.2) is 0 Å². The largest absolute Gasteiger partial charge is 0.385 e. The van der Waals surface area contributed by atoms with Crippen molar-refractivity contribution in [3.63, 3.8) is 0 Å². The average molecular weight is 170 g/mol. The van der Waals surface area contributed by atoms with Crippen LogP contribution in [0.1, 0.15) is 33.1 Å². The van der Waals surface area contributed by atoms with Gasteiger partial charge in [0.2, 0.25) is 0 Å². The van der Waals surface area contributed by atoms with E-state index in [9.17, 15) is 4.79 Å². The van der Waals surface area contributed by atoms with Crippen LogP contribution in [0.15, 0.2) is 0 Å². The van der Waals surface area contributed by atoms with Crippen molar-refractivity contribution in [1.29, 1.82) is 0 Å². The first-order chi connectivity index (χ1) is 5.56. The van der Waals surface area contributed by atoms with Crippen LogP contribution in [0.25, 0.3) is 0 Å². The summed E-state index contributed by atoms with van der Waals surface area (Å²) in [6, 6.07) is 0. The number of hydrogen-bond acceptors (Lipinski definition) is 2. The van der Waals surface area contributed by atoms with Gasteiger partial charge in [0.25, 0.3) is 0 Å². The van der Waals surface area contributed by atoms with Gasteiger partial charge in [-0.1, -0.05) is 13.8 Å². The molecule has 70 valence electrons. The minimum atomic E-state index is 0.204. The molecule has 2 nitrogen and oxygen atoms in total. The maximum atomic E-state index is 11.2. The highest BCUT2D eigenvalue weighted by Gasteiger charge is 2.38. The second-order valence-corrected chi connectivity index (χ2v) is 4.39. The van der Waals surface area contributed by atoms with Crippen LogP contribution in [0.5, 0.6) is 0 Å². The van der Waals surface area contributed by atoms with Gasteiger partial charge < -0.3 is 4.74 Å².